The van der Waals surface area contributed by atoms with E-state index in [2.05, 4.69) is 5.32 Å². The van der Waals surface area contributed by atoms with Gasteiger partial charge < -0.3 is 15.0 Å². The molecule has 1 aliphatic rings. The van der Waals surface area contributed by atoms with Gasteiger partial charge in [-0.25, -0.2) is 13.2 Å². The Balaban J connectivity index is 1.87. The Bertz CT molecular complexity index is 691. The van der Waals surface area contributed by atoms with Crippen LogP contribution in [0.3, 0.4) is 0 Å². The van der Waals surface area contributed by atoms with Gasteiger partial charge in [-0.3, -0.25) is 0 Å². The minimum Gasteiger partial charge on any atom is -0.496 e. The Hall–Kier alpha value is -1.41. The fraction of sp³-hybridized carbons (Fsp3) is 0.562. The van der Waals surface area contributed by atoms with Crippen LogP contribution in [-0.4, -0.2) is 57.8 Å². The van der Waals surface area contributed by atoms with Gasteiger partial charge in [-0.2, -0.15) is 0 Å². The highest BCUT2D eigenvalue weighted by Gasteiger charge is 2.28. The monoisotopic (exact) mass is 372 g/mol. The number of nitrogens with one attached hydrogen (secondary N) is 1. The Kier molecular flexibility index (Phi) is 6.40. The summed E-state index contributed by atoms with van der Waals surface area (Å²) in [6, 6.07) is 5.68. The third kappa shape index (κ3) is 5.04. The van der Waals surface area contributed by atoms with Crippen LogP contribution in [0.1, 0.15) is 12.0 Å². The third-order valence-electron chi connectivity index (χ3n) is 4.08. The normalized spacial score (nSPS) is 19.0. The van der Waals surface area contributed by atoms with E-state index in [-0.39, 0.29) is 23.5 Å². The SMILES string of the molecule is COc1cc(CN(C)C(=O)NC[C@@H]2CCS(=O)(=O)C2)ccc1SC. The van der Waals surface area contributed by atoms with Crippen molar-refractivity contribution in [1.82, 2.24) is 10.2 Å². The molecule has 8 heteroatoms. The van der Waals surface area contributed by atoms with E-state index in [9.17, 15) is 13.2 Å². The van der Waals surface area contributed by atoms with Crippen molar-refractivity contribution >= 4 is 27.6 Å². The van der Waals surface area contributed by atoms with Gasteiger partial charge in [-0.1, -0.05) is 6.07 Å². The minimum atomic E-state index is -2.91. The zero-order valence-corrected chi connectivity index (χ0v) is 15.9. The number of hydrogen-bond donors (Lipinski definition) is 1. The lowest BCUT2D eigenvalue weighted by Crippen LogP contribution is -2.39. The molecule has 0 aromatic heterocycles. The number of urea groups is 1. The highest BCUT2D eigenvalue weighted by atomic mass is 32.2. The molecule has 1 atom stereocenters. The van der Waals surface area contributed by atoms with Gasteiger partial charge in [0.05, 0.1) is 18.6 Å². The molecule has 2 amide bonds. The van der Waals surface area contributed by atoms with E-state index in [1.807, 2.05) is 24.5 Å². The van der Waals surface area contributed by atoms with Crippen LogP contribution in [-0.2, 0) is 16.4 Å². The molecule has 6 nitrogen and oxygen atoms in total. The maximum atomic E-state index is 12.2. The van der Waals surface area contributed by atoms with Crippen LogP contribution in [0, 0.1) is 5.92 Å². The predicted molar refractivity (Wildman–Crippen MR) is 96.4 cm³/mol. The smallest absolute Gasteiger partial charge is 0.317 e. The molecular formula is C16H24N2O4S2. The van der Waals surface area contributed by atoms with Crippen molar-refractivity contribution in [2.75, 3.05) is 38.5 Å². The molecule has 0 radical (unpaired) electrons. The molecular weight excluding hydrogens is 348 g/mol. The second kappa shape index (κ2) is 8.11. The summed E-state index contributed by atoms with van der Waals surface area (Å²) in [7, 11) is 0.441. The lowest BCUT2D eigenvalue weighted by molar-refractivity contribution is 0.205. The summed E-state index contributed by atoms with van der Waals surface area (Å²) in [5, 5.41) is 2.82. The quantitative estimate of drug-likeness (QED) is 0.773. The van der Waals surface area contributed by atoms with Crippen LogP contribution < -0.4 is 10.1 Å². The number of carbonyl (C=O) groups is 1. The number of carbonyl (C=O) groups excluding carboxylic acids is 1. The molecule has 1 aromatic carbocycles. The van der Waals surface area contributed by atoms with Gasteiger partial charge in [-0.05, 0) is 36.3 Å². The van der Waals surface area contributed by atoms with E-state index < -0.39 is 9.84 Å². The van der Waals surface area contributed by atoms with E-state index in [4.69, 9.17) is 4.74 Å². The third-order valence-corrected chi connectivity index (χ3v) is 6.70. The lowest BCUT2D eigenvalue weighted by Gasteiger charge is -2.20. The van der Waals surface area contributed by atoms with E-state index in [0.29, 0.717) is 19.5 Å². The average molecular weight is 373 g/mol. The Morgan fingerprint density at radius 1 is 1.46 bits per heavy atom. The number of benzene rings is 1. The standard InChI is InChI=1S/C16H24N2O4S2/c1-18(10-12-4-5-15(23-3)14(8-12)22-2)16(19)17-9-13-6-7-24(20,21)11-13/h4-5,8,13H,6-7,9-11H2,1-3H3,(H,17,19)/t13-/m0/s1. The molecule has 1 aliphatic heterocycles. The largest absolute Gasteiger partial charge is 0.496 e. The molecule has 1 heterocycles. The van der Waals surface area contributed by atoms with Crippen molar-refractivity contribution in [3.05, 3.63) is 23.8 Å². The number of ether oxygens (including phenoxy) is 1. The minimum absolute atomic E-state index is 0.0216. The first-order valence-corrected chi connectivity index (χ1v) is 10.8. The van der Waals surface area contributed by atoms with Crippen molar-refractivity contribution in [3.8, 4) is 5.75 Å². The van der Waals surface area contributed by atoms with Gasteiger partial charge in [0, 0.05) is 25.0 Å². The molecule has 0 aliphatic carbocycles. The molecule has 1 aromatic rings. The van der Waals surface area contributed by atoms with E-state index in [0.717, 1.165) is 16.2 Å². The molecule has 0 spiro atoms. The number of thioether (sulfide) groups is 1. The highest BCUT2D eigenvalue weighted by Crippen LogP contribution is 2.28. The van der Waals surface area contributed by atoms with Crippen molar-refractivity contribution in [2.24, 2.45) is 5.92 Å². The summed E-state index contributed by atoms with van der Waals surface area (Å²) in [6.45, 7) is 0.858. The van der Waals surface area contributed by atoms with Crippen molar-refractivity contribution in [2.45, 2.75) is 17.9 Å². The predicted octanol–water partition coefficient (Wildman–Crippen LogP) is 1.99. The highest BCUT2D eigenvalue weighted by molar-refractivity contribution is 7.98. The number of nitrogens with zero attached hydrogens (tertiary/aromatic N) is 1. The summed E-state index contributed by atoms with van der Waals surface area (Å²) < 4.78 is 28.2. The summed E-state index contributed by atoms with van der Waals surface area (Å²) in [6.07, 6.45) is 2.61. The lowest BCUT2D eigenvalue weighted by atomic mass is 10.1. The van der Waals surface area contributed by atoms with Crippen molar-refractivity contribution in [3.63, 3.8) is 0 Å². The van der Waals surface area contributed by atoms with Crippen LogP contribution in [0.15, 0.2) is 23.1 Å². The molecule has 0 saturated carbocycles. The van der Waals surface area contributed by atoms with E-state index in [1.165, 1.54) is 0 Å². The van der Waals surface area contributed by atoms with Crippen LogP contribution >= 0.6 is 11.8 Å². The second-order valence-electron chi connectivity index (χ2n) is 6.00. The summed E-state index contributed by atoms with van der Waals surface area (Å²) in [5.41, 5.74) is 0.978. The molecule has 0 bridgehead atoms. The van der Waals surface area contributed by atoms with Gasteiger partial charge in [0.2, 0.25) is 0 Å². The maximum Gasteiger partial charge on any atom is 0.317 e. The van der Waals surface area contributed by atoms with Crippen LogP contribution in [0.4, 0.5) is 4.79 Å². The first kappa shape index (κ1) is 18.9. The zero-order valence-electron chi connectivity index (χ0n) is 14.2. The molecule has 1 fully saturated rings. The Labute approximate surface area is 147 Å². The molecule has 0 unspecified atom stereocenters. The fourth-order valence-electron chi connectivity index (χ4n) is 2.72. The van der Waals surface area contributed by atoms with Crippen LogP contribution in [0.2, 0.25) is 0 Å². The summed E-state index contributed by atoms with van der Waals surface area (Å²) >= 11 is 1.61. The maximum absolute atomic E-state index is 12.2. The molecule has 1 saturated heterocycles. The first-order valence-electron chi connectivity index (χ1n) is 7.75. The van der Waals surface area contributed by atoms with Gasteiger partial charge in [0.15, 0.2) is 9.84 Å². The Morgan fingerprint density at radius 2 is 2.21 bits per heavy atom. The van der Waals surface area contributed by atoms with E-state index >= 15 is 0 Å². The molecule has 2 rings (SSSR count). The first-order chi connectivity index (χ1) is 11.3. The molecule has 134 valence electrons. The van der Waals surface area contributed by atoms with Crippen molar-refractivity contribution in [1.29, 1.82) is 0 Å². The number of amides is 2. The van der Waals surface area contributed by atoms with Crippen LogP contribution in [0.25, 0.3) is 0 Å². The fourth-order valence-corrected chi connectivity index (χ4v) is 5.13. The number of sulfone groups is 1. The average Bonchev–Trinajstić information content (AvgIpc) is 2.91. The zero-order chi connectivity index (χ0) is 17.7. The van der Waals surface area contributed by atoms with E-state index in [1.54, 1.807) is 30.8 Å². The molecule has 24 heavy (non-hydrogen) atoms. The van der Waals surface area contributed by atoms with Gasteiger partial charge in [-0.15, -0.1) is 11.8 Å². The van der Waals surface area contributed by atoms with Crippen molar-refractivity contribution < 1.29 is 17.9 Å². The van der Waals surface area contributed by atoms with Gasteiger partial charge in [0.25, 0.3) is 0 Å². The topological polar surface area (TPSA) is 75.7 Å². The number of methoxy groups -OCH3 is 1. The second-order valence-corrected chi connectivity index (χ2v) is 9.08. The molecule has 1 N–H and O–H groups in total. The summed E-state index contributed by atoms with van der Waals surface area (Å²) in [5.74, 6) is 1.22. The number of rotatable bonds is 6. The summed E-state index contributed by atoms with van der Waals surface area (Å²) in [4.78, 5) is 14.8. The van der Waals surface area contributed by atoms with Crippen LogP contribution in [0.5, 0.6) is 5.75 Å². The number of hydrogen-bond acceptors (Lipinski definition) is 5. The van der Waals surface area contributed by atoms with Gasteiger partial charge >= 0.3 is 6.03 Å². The Morgan fingerprint density at radius 3 is 2.79 bits per heavy atom. The van der Waals surface area contributed by atoms with Gasteiger partial charge in [0.1, 0.15) is 5.75 Å².